The SMILES string of the molecule is CC(NCC1CCCC1)C(O)c1ccc(F)c(F)c1. The van der Waals surface area contributed by atoms with Gasteiger partial charge in [-0.15, -0.1) is 0 Å². The van der Waals surface area contributed by atoms with Crippen LogP contribution in [0.25, 0.3) is 0 Å². The highest BCUT2D eigenvalue weighted by molar-refractivity contribution is 5.21. The number of aliphatic hydroxyl groups excluding tert-OH is 1. The van der Waals surface area contributed by atoms with Crippen LogP contribution in [0.2, 0.25) is 0 Å². The van der Waals surface area contributed by atoms with Crippen molar-refractivity contribution in [1.29, 1.82) is 0 Å². The minimum Gasteiger partial charge on any atom is -0.387 e. The van der Waals surface area contributed by atoms with E-state index in [-0.39, 0.29) is 6.04 Å². The zero-order valence-electron chi connectivity index (χ0n) is 11.2. The lowest BCUT2D eigenvalue weighted by atomic mass is 10.0. The molecule has 2 rings (SSSR count). The molecule has 1 aliphatic carbocycles. The maximum atomic E-state index is 13.1. The fourth-order valence-corrected chi connectivity index (χ4v) is 2.66. The molecule has 1 saturated carbocycles. The van der Waals surface area contributed by atoms with E-state index in [1.165, 1.54) is 31.7 Å². The highest BCUT2D eigenvalue weighted by Crippen LogP contribution is 2.25. The van der Waals surface area contributed by atoms with Gasteiger partial charge in [-0.05, 0) is 49.9 Å². The van der Waals surface area contributed by atoms with Crippen molar-refractivity contribution in [3.8, 4) is 0 Å². The summed E-state index contributed by atoms with van der Waals surface area (Å²) < 4.78 is 26.0. The molecule has 2 N–H and O–H groups in total. The Bertz CT molecular complexity index is 419. The summed E-state index contributed by atoms with van der Waals surface area (Å²) in [5, 5.41) is 13.4. The third-order valence-corrected chi connectivity index (χ3v) is 3.96. The van der Waals surface area contributed by atoms with Crippen LogP contribution < -0.4 is 5.32 Å². The summed E-state index contributed by atoms with van der Waals surface area (Å²) in [6.07, 6.45) is 4.22. The Morgan fingerprint density at radius 3 is 2.58 bits per heavy atom. The van der Waals surface area contributed by atoms with Gasteiger partial charge in [0.15, 0.2) is 11.6 Å². The molecule has 0 bridgehead atoms. The molecule has 19 heavy (non-hydrogen) atoms. The average Bonchev–Trinajstić information content (AvgIpc) is 2.91. The van der Waals surface area contributed by atoms with E-state index in [2.05, 4.69) is 5.32 Å². The van der Waals surface area contributed by atoms with Gasteiger partial charge in [0.2, 0.25) is 0 Å². The second kappa shape index (κ2) is 6.44. The summed E-state index contributed by atoms with van der Waals surface area (Å²) in [5.74, 6) is -1.12. The number of halogens is 2. The van der Waals surface area contributed by atoms with Crippen LogP contribution >= 0.6 is 0 Å². The van der Waals surface area contributed by atoms with E-state index in [9.17, 15) is 13.9 Å². The van der Waals surface area contributed by atoms with Crippen molar-refractivity contribution in [3.05, 3.63) is 35.4 Å². The topological polar surface area (TPSA) is 32.3 Å². The highest BCUT2D eigenvalue weighted by Gasteiger charge is 2.20. The van der Waals surface area contributed by atoms with E-state index in [4.69, 9.17) is 0 Å². The van der Waals surface area contributed by atoms with Crippen LogP contribution in [0.4, 0.5) is 8.78 Å². The zero-order valence-corrected chi connectivity index (χ0v) is 11.2. The van der Waals surface area contributed by atoms with Crippen molar-refractivity contribution in [2.45, 2.75) is 44.8 Å². The molecule has 2 atom stereocenters. The molecule has 2 nitrogen and oxygen atoms in total. The number of rotatable bonds is 5. The first kappa shape index (κ1) is 14.4. The smallest absolute Gasteiger partial charge is 0.159 e. The van der Waals surface area contributed by atoms with E-state index in [0.717, 1.165) is 18.7 Å². The van der Waals surface area contributed by atoms with Gasteiger partial charge in [-0.25, -0.2) is 8.78 Å². The Labute approximate surface area is 112 Å². The third kappa shape index (κ3) is 3.74. The first-order valence-electron chi connectivity index (χ1n) is 6.94. The molecule has 1 aromatic carbocycles. The first-order valence-corrected chi connectivity index (χ1v) is 6.94. The van der Waals surface area contributed by atoms with Gasteiger partial charge in [-0.1, -0.05) is 18.9 Å². The monoisotopic (exact) mass is 269 g/mol. The Morgan fingerprint density at radius 1 is 1.26 bits per heavy atom. The predicted molar refractivity (Wildman–Crippen MR) is 70.7 cm³/mol. The van der Waals surface area contributed by atoms with Crippen molar-refractivity contribution < 1.29 is 13.9 Å². The van der Waals surface area contributed by atoms with Crippen LogP contribution in [0.1, 0.15) is 44.3 Å². The molecule has 0 aromatic heterocycles. The van der Waals surface area contributed by atoms with Crippen LogP contribution in [-0.2, 0) is 0 Å². The molecule has 1 aromatic rings. The lowest BCUT2D eigenvalue weighted by Crippen LogP contribution is -2.35. The summed E-state index contributed by atoms with van der Waals surface area (Å²) in [5.41, 5.74) is 0.408. The number of hydrogen-bond donors (Lipinski definition) is 2. The van der Waals surface area contributed by atoms with Gasteiger partial charge in [-0.2, -0.15) is 0 Å². The van der Waals surface area contributed by atoms with E-state index in [0.29, 0.717) is 11.5 Å². The molecule has 4 heteroatoms. The van der Waals surface area contributed by atoms with Gasteiger partial charge in [0.1, 0.15) is 0 Å². The van der Waals surface area contributed by atoms with Crippen molar-refractivity contribution in [1.82, 2.24) is 5.32 Å². The maximum absolute atomic E-state index is 13.1. The Morgan fingerprint density at radius 2 is 1.95 bits per heavy atom. The minimum absolute atomic E-state index is 0.175. The summed E-state index contributed by atoms with van der Waals surface area (Å²) in [6.45, 7) is 2.74. The van der Waals surface area contributed by atoms with Gasteiger partial charge in [-0.3, -0.25) is 0 Å². The molecule has 106 valence electrons. The largest absolute Gasteiger partial charge is 0.387 e. The van der Waals surface area contributed by atoms with Gasteiger partial charge >= 0.3 is 0 Å². The molecule has 1 fully saturated rings. The Hall–Kier alpha value is -1.00. The third-order valence-electron chi connectivity index (χ3n) is 3.96. The second-order valence-electron chi connectivity index (χ2n) is 5.47. The molecule has 0 amide bonds. The van der Waals surface area contributed by atoms with Crippen molar-refractivity contribution >= 4 is 0 Å². The number of benzene rings is 1. The van der Waals surface area contributed by atoms with Crippen molar-refractivity contribution in [3.63, 3.8) is 0 Å². The Balaban J connectivity index is 1.89. The zero-order chi connectivity index (χ0) is 13.8. The molecule has 0 aliphatic heterocycles. The summed E-state index contributed by atoms with van der Waals surface area (Å²) in [7, 11) is 0. The minimum atomic E-state index is -0.917. The van der Waals surface area contributed by atoms with Gasteiger partial charge in [0.25, 0.3) is 0 Å². The molecule has 0 radical (unpaired) electrons. The van der Waals surface area contributed by atoms with E-state index < -0.39 is 17.7 Å². The number of nitrogens with one attached hydrogen (secondary N) is 1. The molecule has 1 aliphatic rings. The molecule has 0 spiro atoms. The van der Waals surface area contributed by atoms with Crippen LogP contribution in [-0.4, -0.2) is 17.7 Å². The predicted octanol–water partition coefficient (Wildman–Crippen LogP) is 3.17. The summed E-state index contributed by atoms with van der Waals surface area (Å²) in [4.78, 5) is 0. The molecular weight excluding hydrogens is 248 g/mol. The average molecular weight is 269 g/mol. The Kier molecular flexibility index (Phi) is 4.88. The summed E-state index contributed by atoms with van der Waals surface area (Å²) >= 11 is 0. The number of hydrogen-bond acceptors (Lipinski definition) is 2. The fraction of sp³-hybridized carbons (Fsp3) is 0.600. The van der Waals surface area contributed by atoms with E-state index >= 15 is 0 Å². The van der Waals surface area contributed by atoms with Crippen molar-refractivity contribution in [2.75, 3.05) is 6.54 Å². The number of aliphatic hydroxyl groups is 1. The van der Waals surface area contributed by atoms with Crippen LogP contribution in [0.15, 0.2) is 18.2 Å². The van der Waals surface area contributed by atoms with E-state index in [1.807, 2.05) is 6.92 Å². The molecule has 0 heterocycles. The van der Waals surface area contributed by atoms with E-state index in [1.54, 1.807) is 0 Å². The van der Waals surface area contributed by atoms with Crippen molar-refractivity contribution in [2.24, 2.45) is 5.92 Å². The molecule has 2 unspecified atom stereocenters. The fourth-order valence-electron chi connectivity index (χ4n) is 2.66. The van der Waals surface area contributed by atoms with Crippen LogP contribution in [0.5, 0.6) is 0 Å². The van der Waals surface area contributed by atoms with Crippen LogP contribution in [0, 0.1) is 17.6 Å². The maximum Gasteiger partial charge on any atom is 0.159 e. The quantitative estimate of drug-likeness (QED) is 0.860. The first-order chi connectivity index (χ1) is 9.08. The van der Waals surface area contributed by atoms with Crippen LogP contribution in [0.3, 0.4) is 0 Å². The summed E-state index contributed by atoms with van der Waals surface area (Å²) in [6, 6.07) is 3.37. The molecule has 0 saturated heterocycles. The molecular formula is C15H21F2NO. The normalized spacial score (nSPS) is 19.6. The standard InChI is InChI=1S/C15H21F2NO/c1-10(18-9-11-4-2-3-5-11)15(19)12-6-7-13(16)14(17)8-12/h6-8,10-11,15,18-19H,2-5,9H2,1H3. The highest BCUT2D eigenvalue weighted by atomic mass is 19.2. The lowest BCUT2D eigenvalue weighted by Gasteiger charge is -2.22. The van der Waals surface area contributed by atoms with Gasteiger partial charge in [0, 0.05) is 6.04 Å². The second-order valence-corrected chi connectivity index (χ2v) is 5.47. The van der Waals surface area contributed by atoms with Gasteiger partial charge in [0.05, 0.1) is 6.10 Å². The van der Waals surface area contributed by atoms with Gasteiger partial charge < -0.3 is 10.4 Å². The lowest BCUT2D eigenvalue weighted by molar-refractivity contribution is 0.133.